The highest BCUT2D eigenvalue weighted by Crippen LogP contribution is 2.66. The van der Waals surface area contributed by atoms with Gasteiger partial charge in [0, 0.05) is 62.7 Å². The molecule has 244 valence electrons. The number of sulfonamides is 1. The summed E-state index contributed by atoms with van der Waals surface area (Å²) in [5.74, 6) is -0.399. The normalized spacial score (nSPS) is 26.6. The molecule has 1 saturated heterocycles. The Kier molecular flexibility index (Phi) is 10.5. The molecule has 2 saturated carbocycles. The van der Waals surface area contributed by atoms with Crippen LogP contribution in [0.5, 0.6) is 0 Å². The summed E-state index contributed by atoms with van der Waals surface area (Å²) < 4.78 is 53.7. The van der Waals surface area contributed by atoms with Crippen LogP contribution in [0, 0.1) is 23.7 Å². The summed E-state index contributed by atoms with van der Waals surface area (Å²) in [7, 11) is -7.01. The van der Waals surface area contributed by atoms with E-state index in [1.54, 1.807) is 9.21 Å². The molecule has 2 aliphatic carbocycles. The zero-order valence-corrected chi connectivity index (χ0v) is 27.7. The third kappa shape index (κ3) is 7.22. The van der Waals surface area contributed by atoms with E-state index >= 15 is 0 Å². The maximum absolute atomic E-state index is 14.0. The minimum atomic E-state index is -3.65. The number of aliphatic hydroxyl groups is 2. The van der Waals surface area contributed by atoms with Crippen LogP contribution in [0.15, 0.2) is 24.3 Å². The number of carbonyl (C=O) groups excluding carboxylic acids is 1. The lowest BCUT2D eigenvalue weighted by Crippen LogP contribution is -2.59. The molecule has 0 unspecified atom stereocenters. The summed E-state index contributed by atoms with van der Waals surface area (Å²) in [5.41, 5.74) is 1.30. The molecule has 4 atom stereocenters. The van der Waals surface area contributed by atoms with Crippen LogP contribution >= 0.6 is 0 Å². The van der Waals surface area contributed by atoms with E-state index in [4.69, 9.17) is 0 Å². The van der Waals surface area contributed by atoms with Crippen molar-refractivity contribution in [3.05, 3.63) is 29.8 Å². The Labute approximate surface area is 257 Å². The topological polar surface area (TPSA) is 148 Å². The second-order valence-electron chi connectivity index (χ2n) is 13.3. The number of hydrogen-bond acceptors (Lipinski definition) is 9. The zero-order chi connectivity index (χ0) is 31.6. The van der Waals surface area contributed by atoms with E-state index in [0.29, 0.717) is 39.0 Å². The van der Waals surface area contributed by atoms with Crippen LogP contribution in [-0.4, -0.2) is 124 Å². The van der Waals surface area contributed by atoms with Crippen LogP contribution in [0.4, 0.5) is 5.69 Å². The summed E-state index contributed by atoms with van der Waals surface area (Å²) in [6, 6.07) is 6.86. The smallest absolute Gasteiger partial charge is 0.237 e. The molecule has 1 aromatic carbocycles. The molecule has 1 heterocycles. The van der Waals surface area contributed by atoms with Crippen LogP contribution in [-0.2, 0) is 24.7 Å². The van der Waals surface area contributed by atoms with Gasteiger partial charge in [-0.15, -0.1) is 0 Å². The molecular formula is C30H50N4O7S2. The van der Waals surface area contributed by atoms with Gasteiger partial charge in [0.25, 0.3) is 0 Å². The predicted molar refractivity (Wildman–Crippen MR) is 168 cm³/mol. The highest BCUT2D eigenvalue weighted by molar-refractivity contribution is 7.90. The van der Waals surface area contributed by atoms with Crippen LogP contribution in [0.1, 0.15) is 45.1 Å². The fourth-order valence-electron chi connectivity index (χ4n) is 7.92. The van der Waals surface area contributed by atoms with Crippen molar-refractivity contribution < 1.29 is 31.8 Å². The van der Waals surface area contributed by atoms with Gasteiger partial charge in [0.1, 0.15) is 9.84 Å². The van der Waals surface area contributed by atoms with Crippen molar-refractivity contribution >= 4 is 31.5 Å². The highest BCUT2D eigenvalue weighted by atomic mass is 32.2. The Hall–Kier alpha value is -1.77. The Morgan fingerprint density at radius 1 is 1.07 bits per heavy atom. The summed E-state index contributed by atoms with van der Waals surface area (Å²) in [4.78, 5) is 17.7. The average Bonchev–Trinajstić information content (AvgIpc) is 3.28. The Morgan fingerprint density at radius 2 is 1.70 bits per heavy atom. The number of carbonyl (C=O) groups is 1. The molecule has 1 aromatic rings. The predicted octanol–water partition coefficient (Wildman–Crippen LogP) is 0.848. The Morgan fingerprint density at radius 3 is 2.26 bits per heavy atom. The molecule has 4 rings (SSSR count). The molecule has 0 radical (unpaired) electrons. The number of benzene rings is 1. The lowest BCUT2D eigenvalue weighted by molar-refractivity contribution is -0.128. The fraction of sp³-hybridized carbons (Fsp3) is 0.767. The van der Waals surface area contributed by atoms with Crippen LogP contribution in [0.2, 0.25) is 0 Å². The van der Waals surface area contributed by atoms with E-state index in [1.807, 2.05) is 12.1 Å². The van der Waals surface area contributed by atoms with Gasteiger partial charge < -0.3 is 20.4 Å². The van der Waals surface area contributed by atoms with Gasteiger partial charge >= 0.3 is 0 Å². The minimum absolute atomic E-state index is 0.0146. The summed E-state index contributed by atoms with van der Waals surface area (Å²) >= 11 is 0. The molecule has 3 fully saturated rings. The first kappa shape index (κ1) is 34.1. The summed E-state index contributed by atoms with van der Waals surface area (Å²) in [6.45, 7) is 8.03. The number of sulfone groups is 1. The molecular weight excluding hydrogens is 592 g/mol. The first-order chi connectivity index (χ1) is 20.1. The van der Waals surface area contributed by atoms with Gasteiger partial charge in [-0.2, -0.15) is 4.31 Å². The largest absolute Gasteiger partial charge is 0.395 e. The summed E-state index contributed by atoms with van der Waals surface area (Å²) in [6.07, 6.45) is 3.37. The van der Waals surface area contributed by atoms with E-state index in [2.05, 4.69) is 43.1 Å². The van der Waals surface area contributed by atoms with Crippen molar-refractivity contribution in [1.29, 1.82) is 0 Å². The molecule has 2 bridgehead atoms. The molecule has 3 N–H and O–H groups in total. The fourth-order valence-corrected chi connectivity index (χ4v) is 10.8. The number of para-hydroxylation sites is 1. The number of fused-ring (bicyclic) bond motifs is 2. The highest BCUT2D eigenvalue weighted by Gasteiger charge is 2.66. The SMILES string of the molecule is Cc1ccccc1N1CCN(S(=O)(=O)C[C@]23CC[C@H](C[C@@H]2NC(=O)[C@H](CCS(C)(=O)=O)N(CCO)CCO)C3(C)C)CC1. The number of hydrogen-bond donors (Lipinski definition) is 3. The van der Waals surface area contributed by atoms with Gasteiger partial charge in [0.15, 0.2) is 0 Å². The van der Waals surface area contributed by atoms with Gasteiger partial charge in [-0.1, -0.05) is 32.0 Å². The quantitative estimate of drug-likeness (QED) is 0.269. The van der Waals surface area contributed by atoms with Crippen molar-refractivity contribution in [2.45, 2.75) is 58.5 Å². The maximum atomic E-state index is 14.0. The number of nitrogens with one attached hydrogen (secondary N) is 1. The minimum Gasteiger partial charge on any atom is -0.395 e. The zero-order valence-electron chi connectivity index (χ0n) is 26.0. The van der Waals surface area contributed by atoms with Crippen molar-refractivity contribution in [3.8, 4) is 0 Å². The van der Waals surface area contributed by atoms with Crippen LogP contribution in [0.25, 0.3) is 0 Å². The number of aryl methyl sites for hydroxylation is 1. The first-order valence-electron chi connectivity index (χ1n) is 15.4. The maximum Gasteiger partial charge on any atom is 0.237 e. The molecule has 1 amide bonds. The van der Waals surface area contributed by atoms with Crippen molar-refractivity contribution in [3.63, 3.8) is 0 Å². The summed E-state index contributed by atoms with van der Waals surface area (Å²) in [5, 5.41) is 22.4. The van der Waals surface area contributed by atoms with Crippen molar-refractivity contribution in [2.75, 3.05) is 75.1 Å². The standard InChI is InChI=1S/C30H50N4O7S2/c1-23-7-5-6-8-25(23)32-12-14-34(15-13-32)43(40,41)22-30-11-9-24(29(30,2)3)21-27(30)31-28(37)26(10-20-42(4,38)39)33(16-18-35)17-19-36/h5-8,24,26-27,35-36H,9-22H2,1-4H3,(H,31,37)/t24-,26+,27+,30-/m1/s1. The lowest BCUT2D eigenvalue weighted by atomic mass is 9.69. The third-order valence-corrected chi connectivity index (χ3v) is 13.6. The second-order valence-corrected chi connectivity index (χ2v) is 17.5. The first-order valence-corrected chi connectivity index (χ1v) is 19.0. The van der Waals surface area contributed by atoms with E-state index in [9.17, 15) is 31.8 Å². The van der Waals surface area contributed by atoms with Gasteiger partial charge in [0.2, 0.25) is 15.9 Å². The Bertz CT molecular complexity index is 1340. The monoisotopic (exact) mass is 642 g/mol. The molecule has 0 aromatic heterocycles. The van der Waals surface area contributed by atoms with Gasteiger partial charge in [-0.3, -0.25) is 9.69 Å². The molecule has 1 aliphatic heterocycles. The Balaban J connectivity index is 1.53. The van der Waals surface area contributed by atoms with Crippen LogP contribution in [0.3, 0.4) is 0 Å². The van der Waals surface area contributed by atoms with Crippen molar-refractivity contribution in [1.82, 2.24) is 14.5 Å². The van der Waals surface area contributed by atoms with E-state index in [-0.39, 0.29) is 67.5 Å². The number of amides is 1. The third-order valence-electron chi connectivity index (χ3n) is 10.6. The lowest BCUT2D eigenvalue weighted by Gasteiger charge is -2.45. The van der Waals surface area contributed by atoms with Gasteiger partial charge in [0.05, 0.1) is 30.8 Å². The second kappa shape index (κ2) is 13.3. The van der Waals surface area contributed by atoms with Crippen molar-refractivity contribution in [2.24, 2.45) is 16.7 Å². The van der Waals surface area contributed by atoms with Gasteiger partial charge in [-0.05, 0) is 55.6 Å². The molecule has 11 nitrogen and oxygen atoms in total. The molecule has 13 heteroatoms. The van der Waals surface area contributed by atoms with E-state index in [0.717, 1.165) is 23.9 Å². The van der Waals surface area contributed by atoms with Crippen LogP contribution < -0.4 is 10.2 Å². The number of piperazine rings is 1. The van der Waals surface area contributed by atoms with E-state index < -0.39 is 31.3 Å². The molecule has 0 spiro atoms. The average molecular weight is 643 g/mol. The van der Waals surface area contributed by atoms with Gasteiger partial charge in [-0.25, -0.2) is 16.8 Å². The number of rotatable bonds is 14. The molecule has 3 aliphatic rings. The molecule has 43 heavy (non-hydrogen) atoms. The van der Waals surface area contributed by atoms with E-state index in [1.165, 1.54) is 0 Å². The number of nitrogens with zero attached hydrogens (tertiary/aromatic N) is 3. The number of aliphatic hydroxyl groups excluding tert-OH is 2. The number of anilines is 1.